The Hall–Kier alpha value is -0.260. The van der Waals surface area contributed by atoms with Crippen molar-refractivity contribution in [1.29, 1.82) is 0 Å². The average molecular weight is 246 g/mol. The number of amides is 1. The zero-order valence-corrected chi connectivity index (χ0v) is 10.9. The molecule has 16 heavy (non-hydrogen) atoms. The molecule has 1 unspecified atom stereocenters. The molecule has 0 bridgehead atoms. The zero-order valence-electron chi connectivity index (χ0n) is 10.1. The number of thioether (sulfide) groups is 1. The quantitative estimate of drug-likeness (QED) is 0.721. The van der Waals surface area contributed by atoms with Gasteiger partial charge < -0.3 is 15.4 Å². The van der Waals surface area contributed by atoms with E-state index in [0.717, 1.165) is 32.5 Å². The lowest BCUT2D eigenvalue weighted by molar-refractivity contribution is -0.128. The van der Waals surface area contributed by atoms with Gasteiger partial charge in [-0.15, -0.1) is 0 Å². The van der Waals surface area contributed by atoms with Gasteiger partial charge in [0.25, 0.3) is 0 Å². The summed E-state index contributed by atoms with van der Waals surface area (Å²) < 4.78 is 5.55. The Bertz CT molecular complexity index is 208. The molecule has 0 aromatic heterocycles. The third kappa shape index (κ3) is 5.72. The van der Waals surface area contributed by atoms with Gasteiger partial charge in [-0.3, -0.25) is 4.79 Å². The molecule has 1 heterocycles. The van der Waals surface area contributed by atoms with Crippen LogP contribution >= 0.6 is 11.8 Å². The highest BCUT2D eigenvalue weighted by Crippen LogP contribution is 2.06. The highest BCUT2D eigenvalue weighted by Gasteiger charge is 2.14. The van der Waals surface area contributed by atoms with Crippen molar-refractivity contribution in [2.45, 2.75) is 31.1 Å². The molecule has 1 saturated heterocycles. The first-order valence-electron chi connectivity index (χ1n) is 5.84. The molecule has 0 spiro atoms. The van der Waals surface area contributed by atoms with Crippen LogP contribution < -0.4 is 10.6 Å². The summed E-state index contributed by atoms with van der Waals surface area (Å²) in [5, 5.41) is 6.60. The van der Waals surface area contributed by atoms with Crippen molar-refractivity contribution >= 4 is 17.7 Å². The molecule has 5 heteroatoms. The molecule has 4 nitrogen and oxygen atoms in total. The fourth-order valence-corrected chi connectivity index (χ4v) is 1.80. The first-order chi connectivity index (χ1) is 7.72. The summed E-state index contributed by atoms with van der Waals surface area (Å²) >= 11 is 1.75. The number of carbonyl (C=O) groups excluding carboxylic acids is 1. The molecule has 1 aliphatic rings. The van der Waals surface area contributed by atoms with Crippen LogP contribution in [0.25, 0.3) is 0 Å². The second kappa shape index (κ2) is 7.92. The molecular weight excluding hydrogens is 224 g/mol. The van der Waals surface area contributed by atoms with Gasteiger partial charge in [0.05, 0.1) is 6.10 Å². The molecule has 0 aromatic rings. The fraction of sp³-hybridized carbons (Fsp3) is 0.909. The number of hydrogen-bond donors (Lipinski definition) is 2. The molecule has 1 aliphatic heterocycles. The molecule has 1 fully saturated rings. The van der Waals surface area contributed by atoms with E-state index in [2.05, 4.69) is 17.6 Å². The SMILES string of the molecule is CSC(C)CNC(=O)COC1CCNCC1. The van der Waals surface area contributed by atoms with Crippen LogP contribution in [-0.4, -0.2) is 49.8 Å². The van der Waals surface area contributed by atoms with Gasteiger partial charge in [0.2, 0.25) is 5.91 Å². The van der Waals surface area contributed by atoms with E-state index >= 15 is 0 Å². The van der Waals surface area contributed by atoms with Gasteiger partial charge in [0.1, 0.15) is 6.61 Å². The van der Waals surface area contributed by atoms with E-state index in [9.17, 15) is 4.79 Å². The van der Waals surface area contributed by atoms with Crippen LogP contribution in [0.3, 0.4) is 0 Å². The molecule has 1 atom stereocenters. The number of piperidine rings is 1. The monoisotopic (exact) mass is 246 g/mol. The summed E-state index contributed by atoms with van der Waals surface area (Å²) in [4.78, 5) is 11.4. The zero-order chi connectivity index (χ0) is 11.8. The number of nitrogens with one attached hydrogen (secondary N) is 2. The van der Waals surface area contributed by atoms with Gasteiger partial charge in [-0.1, -0.05) is 6.92 Å². The van der Waals surface area contributed by atoms with E-state index in [4.69, 9.17) is 4.74 Å². The lowest BCUT2D eigenvalue weighted by atomic mass is 10.1. The third-order valence-corrected chi connectivity index (χ3v) is 3.70. The van der Waals surface area contributed by atoms with Crippen LogP contribution in [0.1, 0.15) is 19.8 Å². The first kappa shape index (κ1) is 13.8. The van der Waals surface area contributed by atoms with Gasteiger partial charge in [-0.25, -0.2) is 0 Å². The molecule has 0 aromatic carbocycles. The van der Waals surface area contributed by atoms with E-state index in [-0.39, 0.29) is 18.6 Å². The minimum atomic E-state index is -0.000525. The minimum Gasteiger partial charge on any atom is -0.368 e. The van der Waals surface area contributed by atoms with E-state index in [1.54, 1.807) is 11.8 Å². The Morgan fingerprint density at radius 2 is 2.25 bits per heavy atom. The molecular formula is C11H22N2O2S. The molecule has 1 amide bonds. The summed E-state index contributed by atoms with van der Waals surface area (Å²) in [5.41, 5.74) is 0. The second-order valence-electron chi connectivity index (χ2n) is 4.11. The van der Waals surface area contributed by atoms with Gasteiger partial charge in [-0.05, 0) is 32.2 Å². The lowest BCUT2D eigenvalue weighted by Gasteiger charge is -2.22. The fourth-order valence-electron chi connectivity index (χ4n) is 1.55. The van der Waals surface area contributed by atoms with Crippen LogP contribution in [-0.2, 0) is 9.53 Å². The van der Waals surface area contributed by atoms with Crippen molar-refractivity contribution in [3.63, 3.8) is 0 Å². The molecule has 0 aliphatic carbocycles. The van der Waals surface area contributed by atoms with Crippen LogP contribution in [0.2, 0.25) is 0 Å². The largest absolute Gasteiger partial charge is 0.368 e. The smallest absolute Gasteiger partial charge is 0.246 e. The van der Waals surface area contributed by atoms with Crippen molar-refractivity contribution in [2.75, 3.05) is 32.5 Å². The van der Waals surface area contributed by atoms with E-state index in [1.807, 2.05) is 6.26 Å². The van der Waals surface area contributed by atoms with E-state index < -0.39 is 0 Å². The maximum absolute atomic E-state index is 11.4. The van der Waals surface area contributed by atoms with Crippen molar-refractivity contribution in [3.05, 3.63) is 0 Å². The second-order valence-corrected chi connectivity index (χ2v) is 5.39. The Balaban J connectivity index is 2.05. The third-order valence-electron chi connectivity index (χ3n) is 2.73. The van der Waals surface area contributed by atoms with Crippen LogP contribution in [0.5, 0.6) is 0 Å². The van der Waals surface area contributed by atoms with E-state index in [1.165, 1.54) is 0 Å². The van der Waals surface area contributed by atoms with Gasteiger partial charge in [-0.2, -0.15) is 11.8 Å². The summed E-state index contributed by atoms with van der Waals surface area (Å²) in [7, 11) is 0. The highest BCUT2D eigenvalue weighted by molar-refractivity contribution is 7.99. The van der Waals surface area contributed by atoms with E-state index in [0.29, 0.717) is 5.25 Å². The normalized spacial score (nSPS) is 19.4. The molecule has 0 saturated carbocycles. The van der Waals surface area contributed by atoms with Crippen molar-refractivity contribution < 1.29 is 9.53 Å². The molecule has 94 valence electrons. The first-order valence-corrected chi connectivity index (χ1v) is 7.13. The predicted octanol–water partition coefficient (Wildman–Crippen LogP) is 0.623. The number of rotatable bonds is 6. The molecule has 1 rings (SSSR count). The molecule has 2 N–H and O–H groups in total. The Morgan fingerprint density at radius 3 is 2.88 bits per heavy atom. The number of carbonyl (C=O) groups is 1. The Kier molecular flexibility index (Phi) is 6.84. The van der Waals surface area contributed by atoms with Crippen LogP contribution in [0, 0.1) is 0 Å². The van der Waals surface area contributed by atoms with Gasteiger partial charge in [0, 0.05) is 11.8 Å². The minimum absolute atomic E-state index is 0.000525. The standard InChI is InChI=1S/C11H22N2O2S/c1-9(16-2)7-13-11(14)8-15-10-3-5-12-6-4-10/h9-10,12H,3-8H2,1-2H3,(H,13,14). The molecule has 0 radical (unpaired) electrons. The maximum atomic E-state index is 11.4. The van der Waals surface area contributed by atoms with Gasteiger partial charge >= 0.3 is 0 Å². The highest BCUT2D eigenvalue weighted by atomic mass is 32.2. The average Bonchev–Trinajstić information content (AvgIpc) is 2.34. The number of ether oxygens (including phenoxy) is 1. The van der Waals surface area contributed by atoms with Crippen molar-refractivity contribution in [2.24, 2.45) is 0 Å². The van der Waals surface area contributed by atoms with Crippen LogP contribution in [0.15, 0.2) is 0 Å². The van der Waals surface area contributed by atoms with Gasteiger partial charge in [0.15, 0.2) is 0 Å². The summed E-state index contributed by atoms with van der Waals surface area (Å²) in [6.07, 6.45) is 4.32. The number of hydrogen-bond acceptors (Lipinski definition) is 4. The maximum Gasteiger partial charge on any atom is 0.246 e. The Morgan fingerprint density at radius 1 is 1.56 bits per heavy atom. The summed E-state index contributed by atoms with van der Waals surface area (Å²) in [6, 6.07) is 0. The summed E-state index contributed by atoms with van der Waals surface area (Å²) in [5.74, 6) is -0.000525. The predicted molar refractivity (Wildman–Crippen MR) is 67.8 cm³/mol. The summed E-state index contributed by atoms with van der Waals surface area (Å²) in [6.45, 7) is 5.01. The topological polar surface area (TPSA) is 50.4 Å². The Labute approximate surface area is 102 Å². The van der Waals surface area contributed by atoms with Crippen molar-refractivity contribution in [1.82, 2.24) is 10.6 Å². The van der Waals surface area contributed by atoms with Crippen LogP contribution in [0.4, 0.5) is 0 Å². The van der Waals surface area contributed by atoms with Crippen molar-refractivity contribution in [3.8, 4) is 0 Å². The lowest BCUT2D eigenvalue weighted by Crippen LogP contribution is -2.37.